The second kappa shape index (κ2) is 4.75. The van der Waals surface area contributed by atoms with Gasteiger partial charge >= 0.3 is 0 Å². The molecule has 2 heteroatoms. The van der Waals surface area contributed by atoms with E-state index in [0.29, 0.717) is 0 Å². The van der Waals surface area contributed by atoms with Crippen LogP contribution in [0.25, 0.3) is 0 Å². The van der Waals surface area contributed by atoms with Crippen molar-refractivity contribution >= 4 is 0 Å². The molecule has 2 unspecified atom stereocenters. The van der Waals surface area contributed by atoms with E-state index < -0.39 is 0 Å². The standard InChI is InChI=1S/C14H24N2/c1-14(2,11-15)8-10-16-9-7-12-5-3-4-6-13(12)16/h12-13H,3-10H2,1-2H3. The van der Waals surface area contributed by atoms with Crippen molar-refractivity contribution < 1.29 is 0 Å². The van der Waals surface area contributed by atoms with Gasteiger partial charge in [-0.15, -0.1) is 0 Å². The van der Waals surface area contributed by atoms with Crippen LogP contribution in [0.4, 0.5) is 0 Å². The summed E-state index contributed by atoms with van der Waals surface area (Å²) in [5.41, 5.74) is -0.146. The van der Waals surface area contributed by atoms with Gasteiger partial charge in [-0.3, -0.25) is 0 Å². The van der Waals surface area contributed by atoms with Crippen LogP contribution in [-0.2, 0) is 0 Å². The summed E-state index contributed by atoms with van der Waals surface area (Å²) in [4.78, 5) is 2.66. The molecule has 1 heterocycles. The largest absolute Gasteiger partial charge is 0.300 e. The maximum atomic E-state index is 9.03. The molecule has 0 amide bonds. The van der Waals surface area contributed by atoms with Crippen molar-refractivity contribution in [1.29, 1.82) is 5.26 Å². The normalized spacial score (nSPS) is 31.1. The number of fused-ring (bicyclic) bond motifs is 1. The quantitative estimate of drug-likeness (QED) is 0.730. The van der Waals surface area contributed by atoms with Gasteiger partial charge < -0.3 is 4.90 Å². The highest BCUT2D eigenvalue weighted by Gasteiger charge is 2.35. The van der Waals surface area contributed by atoms with Crippen molar-refractivity contribution in [2.24, 2.45) is 11.3 Å². The summed E-state index contributed by atoms with van der Waals surface area (Å²) in [6, 6.07) is 3.26. The summed E-state index contributed by atoms with van der Waals surface area (Å²) in [5, 5.41) is 9.03. The van der Waals surface area contributed by atoms with E-state index in [-0.39, 0.29) is 5.41 Å². The molecule has 0 spiro atoms. The lowest BCUT2D eigenvalue weighted by molar-refractivity contribution is 0.168. The van der Waals surface area contributed by atoms with E-state index in [2.05, 4.69) is 24.8 Å². The van der Waals surface area contributed by atoms with Gasteiger partial charge in [-0.1, -0.05) is 12.8 Å². The molecule has 2 atom stereocenters. The number of hydrogen-bond acceptors (Lipinski definition) is 2. The summed E-state index contributed by atoms with van der Waals surface area (Å²) in [5.74, 6) is 0.971. The molecular formula is C14H24N2. The Morgan fingerprint density at radius 2 is 2.00 bits per heavy atom. The van der Waals surface area contributed by atoms with Gasteiger partial charge in [0.05, 0.1) is 11.5 Å². The van der Waals surface area contributed by atoms with Gasteiger partial charge in [-0.05, 0) is 58.5 Å². The third-order valence-electron chi connectivity index (χ3n) is 4.45. The Balaban J connectivity index is 1.85. The monoisotopic (exact) mass is 220 g/mol. The van der Waals surface area contributed by atoms with Crippen LogP contribution in [0.3, 0.4) is 0 Å². The Bertz CT molecular complexity index is 277. The number of likely N-dealkylation sites (tertiary alicyclic amines) is 1. The minimum atomic E-state index is -0.146. The van der Waals surface area contributed by atoms with E-state index in [9.17, 15) is 0 Å². The Kier molecular flexibility index (Phi) is 3.54. The number of nitriles is 1. The molecule has 1 aliphatic carbocycles. The zero-order chi connectivity index (χ0) is 11.6. The van der Waals surface area contributed by atoms with E-state index in [1.807, 2.05) is 0 Å². The van der Waals surface area contributed by atoms with Crippen LogP contribution >= 0.6 is 0 Å². The Hall–Kier alpha value is -0.550. The molecule has 0 aromatic rings. The molecule has 1 aliphatic heterocycles. The second-order valence-electron chi connectivity index (χ2n) is 6.18. The van der Waals surface area contributed by atoms with Crippen LogP contribution in [0.1, 0.15) is 52.4 Å². The second-order valence-corrected chi connectivity index (χ2v) is 6.18. The van der Waals surface area contributed by atoms with Crippen molar-refractivity contribution in [3.63, 3.8) is 0 Å². The summed E-state index contributed by atoms with van der Waals surface area (Å²) in [6.45, 7) is 6.52. The van der Waals surface area contributed by atoms with Crippen molar-refractivity contribution in [1.82, 2.24) is 4.90 Å². The summed E-state index contributed by atoms with van der Waals surface area (Å²) in [7, 11) is 0. The molecule has 0 aromatic carbocycles. The molecule has 2 fully saturated rings. The average molecular weight is 220 g/mol. The zero-order valence-corrected chi connectivity index (χ0v) is 10.7. The molecule has 2 aliphatic rings. The van der Waals surface area contributed by atoms with Gasteiger partial charge in [0.1, 0.15) is 0 Å². The van der Waals surface area contributed by atoms with Crippen LogP contribution in [0, 0.1) is 22.7 Å². The third-order valence-corrected chi connectivity index (χ3v) is 4.45. The summed E-state index contributed by atoms with van der Waals surface area (Å²) >= 11 is 0. The fraction of sp³-hybridized carbons (Fsp3) is 0.929. The van der Waals surface area contributed by atoms with Crippen molar-refractivity contribution in [2.75, 3.05) is 13.1 Å². The predicted octanol–water partition coefficient (Wildman–Crippen LogP) is 3.19. The summed E-state index contributed by atoms with van der Waals surface area (Å²) in [6.07, 6.45) is 8.13. The fourth-order valence-corrected chi connectivity index (χ4v) is 3.26. The highest BCUT2D eigenvalue weighted by molar-refractivity contribution is 4.95. The molecule has 0 radical (unpaired) electrons. The Labute approximate surface area is 99.6 Å². The van der Waals surface area contributed by atoms with E-state index in [4.69, 9.17) is 5.26 Å². The van der Waals surface area contributed by atoms with Crippen molar-refractivity contribution in [2.45, 2.75) is 58.4 Å². The van der Waals surface area contributed by atoms with Gasteiger partial charge in [0.25, 0.3) is 0 Å². The molecule has 0 N–H and O–H groups in total. The molecule has 2 rings (SSSR count). The lowest BCUT2D eigenvalue weighted by Crippen LogP contribution is -2.36. The SMILES string of the molecule is CC(C)(C#N)CCN1CCC2CCCCC21. The maximum Gasteiger partial charge on any atom is 0.0684 e. The molecule has 90 valence electrons. The van der Waals surface area contributed by atoms with Crippen molar-refractivity contribution in [3.05, 3.63) is 0 Å². The van der Waals surface area contributed by atoms with E-state index in [1.54, 1.807) is 0 Å². The van der Waals surface area contributed by atoms with Gasteiger partial charge in [-0.25, -0.2) is 0 Å². The van der Waals surface area contributed by atoms with Crippen LogP contribution in [0.15, 0.2) is 0 Å². The van der Waals surface area contributed by atoms with Gasteiger partial charge in [0.2, 0.25) is 0 Å². The summed E-state index contributed by atoms with van der Waals surface area (Å²) < 4.78 is 0. The van der Waals surface area contributed by atoms with E-state index >= 15 is 0 Å². The van der Waals surface area contributed by atoms with Gasteiger partial charge in [-0.2, -0.15) is 5.26 Å². The van der Waals surface area contributed by atoms with Gasteiger partial charge in [0, 0.05) is 6.04 Å². The van der Waals surface area contributed by atoms with Crippen molar-refractivity contribution in [3.8, 4) is 6.07 Å². The topological polar surface area (TPSA) is 27.0 Å². The lowest BCUT2D eigenvalue weighted by Gasteiger charge is -2.32. The Morgan fingerprint density at radius 1 is 1.25 bits per heavy atom. The Morgan fingerprint density at radius 3 is 2.75 bits per heavy atom. The minimum Gasteiger partial charge on any atom is -0.300 e. The van der Waals surface area contributed by atoms with Crippen LogP contribution < -0.4 is 0 Å². The lowest BCUT2D eigenvalue weighted by atomic mass is 9.85. The molecule has 16 heavy (non-hydrogen) atoms. The van der Waals surface area contributed by atoms with Crippen LogP contribution in [0.5, 0.6) is 0 Å². The highest BCUT2D eigenvalue weighted by atomic mass is 15.2. The van der Waals surface area contributed by atoms with Crippen LogP contribution in [0.2, 0.25) is 0 Å². The first-order chi connectivity index (χ1) is 7.62. The van der Waals surface area contributed by atoms with Gasteiger partial charge in [0.15, 0.2) is 0 Å². The number of rotatable bonds is 3. The van der Waals surface area contributed by atoms with Crippen LogP contribution in [-0.4, -0.2) is 24.0 Å². The highest BCUT2D eigenvalue weighted by Crippen LogP contribution is 2.36. The number of hydrogen-bond donors (Lipinski definition) is 0. The fourth-order valence-electron chi connectivity index (χ4n) is 3.26. The molecule has 1 saturated heterocycles. The van der Waals surface area contributed by atoms with E-state index in [0.717, 1.165) is 24.9 Å². The maximum absolute atomic E-state index is 9.03. The first-order valence-electron chi connectivity index (χ1n) is 6.78. The molecular weight excluding hydrogens is 196 g/mol. The first kappa shape index (κ1) is 11.9. The smallest absolute Gasteiger partial charge is 0.0684 e. The molecule has 1 saturated carbocycles. The number of nitrogens with zero attached hydrogens (tertiary/aromatic N) is 2. The minimum absolute atomic E-state index is 0.146. The van der Waals surface area contributed by atoms with E-state index in [1.165, 1.54) is 38.6 Å². The average Bonchev–Trinajstić information content (AvgIpc) is 2.70. The zero-order valence-electron chi connectivity index (χ0n) is 10.7. The predicted molar refractivity (Wildman–Crippen MR) is 65.9 cm³/mol. The molecule has 2 nitrogen and oxygen atoms in total. The third kappa shape index (κ3) is 2.58. The molecule has 0 bridgehead atoms. The first-order valence-corrected chi connectivity index (χ1v) is 6.78. The molecule has 0 aromatic heterocycles.